The van der Waals surface area contributed by atoms with Crippen molar-refractivity contribution >= 4 is 40.7 Å². The van der Waals surface area contributed by atoms with Crippen LogP contribution in [0, 0.1) is 5.92 Å². The van der Waals surface area contributed by atoms with E-state index in [1.807, 2.05) is 6.92 Å². The number of ether oxygens (including phenoxy) is 1. The smallest absolute Gasteiger partial charge is 0.269 e. The van der Waals surface area contributed by atoms with Crippen LogP contribution in [0.3, 0.4) is 0 Å². The van der Waals surface area contributed by atoms with Crippen molar-refractivity contribution in [3.8, 4) is 5.75 Å². The van der Waals surface area contributed by atoms with Gasteiger partial charge in [-0.2, -0.15) is 0 Å². The van der Waals surface area contributed by atoms with Gasteiger partial charge in [0.2, 0.25) is 5.91 Å². The number of amides is 3. The zero-order chi connectivity index (χ0) is 24.2. The highest BCUT2D eigenvalue weighted by Crippen LogP contribution is 2.18. The predicted molar refractivity (Wildman–Crippen MR) is 132 cm³/mol. The van der Waals surface area contributed by atoms with Gasteiger partial charge in [0, 0.05) is 17.7 Å². The van der Waals surface area contributed by atoms with Crippen LogP contribution >= 0.6 is 12.2 Å². The molecule has 0 saturated heterocycles. The number of nitrogens with one attached hydrogen (secondary N) is 4. The summed E-state index contributed by atoms with van der Waals surface area (Å²) in [7, 11) is 0. The molecule has 8 nitrogen and oxygen atoms in total. The Bertz CT molecular complexity index is 977. The molecule has 0 unspecified atom stereocenters. The summed E-state index contributed by atoms with van der Waals surface area (Å²) in [6.07, 6.45) is 2.06. The van der Waals surface area contributed by atoms with Gasteiger partial charge in [-0.1, -0.05) is 32.9 Å². The maximum atomic E-state index is 12.6. The number of benzene rings is 2. The largest absolute Gasteiger partial charge is 0.493 e. The van der Waals surface area contributed by atoms with Crippen molar-refractivity contribution in [2.75, 3.05) is 11.9 Å². The van der Waals surface area contributed by atoms with Crippen LogP contribution in [0.25, 0.3) is 0 Å². The van der Waals surface area contributed by atoms with E-state index in [0.29, 0.717) is 41.5 Å². The molecule has 0 spiro atoms. The van der Waals surface area contributed by atoms with E-state index in [1.54, 1.807) is 48.5 Å². The summed E-state index contributed by atoms with van der Waals surface area (Å²) in [5.74, 6) is -0.0233. The molecule has 0 aromatic heterocycles. The number of rotatable bonds is 9. The molecule has 0 fully saturated rings. The van der Waals surface area contributed by atoms with E-state index in [-0.39, 0.29) is 11.0 Å². The number of carbonyl (C=O) groups excluding carboxylic acids is 3. The van der Waals surface area contributed by atoms with Crippen LogP contribution in [0.4, 0.5) is 5.69 Å². The molecule has 2 aromatic carbocycles. The van der Waals surface area contributed by atoms with Crippen molar-refractivity contribution in [3.63, 3.8) is 0 Å². The van der Waals surface area contributed by atoms with E-state index >= 15 is 0 Å². The molecule has 0 radical (unpaired) electrons. The predicted octanol–water partition coefficient (Wildman–Crippen LogP) is 3.80. The number of hydrazine groups is 1. The fraction of sp³-hybridized carbons (Fsp3) is 0.333. The van der Waals surface area contributed by atoms with E-state index in [9.17, 15) is 14.4 Å². The Morgan fingerprint density at radius 1 is 0.970 bits per heavy atom. The fourth-order valence-corrected chi connectivity index (χ4v) is 2.87. The lowest BCUT2D eigenvalue weighted by atomic mass is 10.1. The molecule has 0 heterocycles. The van der Waals surface area contributed by atoms with Gasteiger partial charge in [-0.15, -0.1) is 0 Å². The van der Waals surface area contributed by atoms with Gasteiger partial charge in [0.05, 0.1) is 12.2 Å². The average Bonchev–Trinajstić information content (AvgIpc) is 2.78. The first-order valence-electron chi connectivity index (χ1n) is 10.8. The molecule has 9 heteroatoms. The second kappa shape index (κ2) is 13.2. The van der Waals surface area contributed by atoms with Crippen LogP contribution in [0.5, 0.6) is 5.75 Å². The molecule has 33 heavy (non-hydrogen) atoms. The first kappa shape index (κ1) is 25.8. The second-order valence-electron chi connectivity index (χ2n) is 7.77. The van der Waals surface area contributed by atoms with Crippen LogP contribution in [0.15, 0.2) is 48.5 Å². The first-order valence-corrected chi connectivity index (χ1v) is 11.2. The van der Waals surface area contributed by atoms with Gasteiger partial charge in [0.1, 0.15) is 5.75 Å². The Morgan fingerprint density at radius 3 is 2.33 bits per heavy atom. The van der Waals surface area contributed by atoms with Gasteiger partial charge in [0.25, 0.3) is 11.8 Å². The molecule has 2 rings (SSSR count). The molecule has 0 aliphatic rings. The van der Waals surface area contributed by atoms with Crippen LogP contribution in [0.1, 0.15) is 60.7 Å². The highest BCUT2D eigenvalue weighted by atomic mass is 32.1. The number of para-hydroxylation sites is 1. The molecule has 4 N–H and O–H groups in total. The molecular formula is C24H30N4O4S. The average molecular weight is 471 g/mol. The van der Waals surface area contributed by atoms with Gasteiger partial charge < -0.3 is 10.1 Å². The van der Waals surface area contributed by atoms with E-state index in [2.05, 4.69) is 35.3 Å². The molecular weight excluding hydrogens is 440 g/mol. The number of thiocarbonyl (C=S) groups is 1. The van der Waals surface area contributed by atoms with Gasteiger partial charge in [0.15, 0.2) is 5.11 Å². The third-order valence-corrected chi connectivity index (χ3v) is 4.71. The molecule has 0 saturated carbocycles. The van der Waals surface area contributed by atoms with E-state index in [1.165, 1.54) is 0 Å². The Balaban J connectivity index is 1.86. The van der Waals surface area contributed by atoms with Gasteiger partial charge >= 0.3 is 0 Å². The van der Waals surface area contributed by atoms with Crippen LogP contribution in [0.2, 0.25) is 0 Å². The monoisotopic (exact) mass is 470 g/mol. The maximum absolute atomic E-state index is 12.6. The standard InChI is InChI=1S/C24H30N4O4S/c1-4-7-21(29)25-18-12-10-17(11-13-18)22(30)27-28-24(33)26-23(31)19-8-5-6-9-20(19)32-15-14-16(2)3/h5-6,8-13,16H,4,7,14-15H2,1-3H3,(H,25,29)(H,27,30)(H2,26,28,31,33). The molecule has 0 aliphatic heterocycles. The minimum absolute atomic E-state index is 0.0613. The molecule has 0 atom stereocenters. The highest BCUT2D eigenvalue weighted by molar-refractivity contribution is 7.80. The molecule has 2 aromatic rings. The summed E-state index contributed by atoms with van der Waals surface area (Å²) in [6.45, 7) is 6.62. The lowest BCUT2D eigenvalue weighted by Crippen LogP contribution is -2.48. The SMILES string of the molecule is CCCC(=O)Nc1ccc(C(=O)NNC(=S)NC(=O)c2ccccc2OCCC(C)C)cc1. The van der Waals surface area contributed by atoms with Crippen LogP contribution < -0.4 is 26.2 Å². The lowest BCUT2D eigenvalue weighted by molar-refractivity contribution is -0.116. The van der Waals surface area contributed by atoms with Gasteiger partial charge in [-0.25, -0.2) is 0 Å². The summed E-state index contributed by atoms with van der Waals surface area (Å²) in [5, 5.41) is 5.22. The molecule has 0 aliphatic carbocycles. The lowest BCUT2D eigenvalue weighted by Gasteiger charge is -2.14. The Morgan fingerprint density at radius 2 is 1.67 bits per heavy atom. The van der Waals surface area contributed by atoms with E-state index in [4.69, 9.17) is 17.0 Å². The summed E-state index contributed by atoms with van der Waals surface area (Å²) < 4.78 is 5.73. The Hall–Kier alpha value is -3.46. The number of carbonyl (C=O) groups is 3. The third kappa shape index (κ3) is 8.89. The van der Waals surface area contributed by atoms with Crippen molar-refractivity contribution in [1.29, 1.82) is 0 Å². The number of hydrogen-bond donors (Lipinski definition) is 4. The van der Waals surface area contributed by atoms with Gasteiger partial charge in [-0.3, -0.25) is 30.6 Å². The highest BCUT2D eigenvalue weighted by Gasteiger charge is 2.14. The van der Waals surface area contributed by atoms with Crippen molar-refractivity contribution in [1.82, 2.24) is 16.2 Å². The van der Waals surface area contributed by atoms with Crippen molar-refractivity contribution in [3.05, 3.63) is 59.7 Å². The third-order valence-electron chi connectivity index (χ3n) is 4.51. The van der Waals surface area contributed by atoms with Crippen molar-refractivity contribution in [2.24, 2.45) is 5.92 Å². The van der Waals surface area contributed by atoms with E-state index in [0.717, 1.165) is 12.8 Å². The molecule has 0 bridgehead atoms. The first-order chi connectivity index (χ1) is 15.8. The van der Waals surface area contributed by atoms with Crippen LogP contribution in [-0.4, -0.2) is 29.4 Å². The maximum Gasteiger partial charge on any atom is 0.269 e. The summed E-state index contributed by atoms with van der Waals surface area (Å²) in [5.41, 5.74) is 6.25. The number of hydrogen-bond acceptors (Lipinski definition) is 5. The van der Waals surface area contributed by atoms with Crippen molar-refractivity contribution in [2.45, 2.75) is 40.0 Å². The normalized spacial score (nSPS) is 10.3. The summed E-state index contributed by atoms with van der Waals surface area (Å²) in [4.78, 5) is 36.6. The second-order valence-corrected chi connectivity index (χ2v) is 8.17. The zero-order valence-corrected chi connectivity index (χ0v) is 19.9. The Kier molecular flexibility index (Phi) is 10.3. The topological polar surface area (TPSA) is 109 Å². The molecule has 3 amide bonds. The van der Waals surface area contributed by atoms with Crippen molar-refractivity contribution < 1.29 is 19.1 Å². The van der Waals surface area contributed by atoms with Gasteiger partial charge in [-0.05, 0) is 67.4 Å². The zero-order valence-electron chi connectivity index (χ0n) is 19.1. The minimum Gasteiger partial charge on any atom is -0.493 e. The summed E-state index contributed by atoms with van der Waals surface area (Å²) >= 11 is 5.11. The fourth-order valence-electron chi connectivity index (χ4n) is 2.73. The van der Waals surface area contributed by atoms with E-state index < -0.39 is 11.8 Å². The quantitative estimate of drug-likeness (QED) is 0.328. The van der Waals surface area contributed by atoms with Crippen LogP contribution in [-0.2, 0) is 4.79 Å². The Labute approximate surface area is 199 Å². The molecule has 176 valence electrons. The number of anilines is 1. The summed E-state index contributed by atoms with van der Waals surface area (Å²) in [6, 6.07) is 13.3. The minimum atomic E-state index is -0.450.